The van der Waals surface area contributed by atoms with Gasteiger partial charge >= 0.3 is 0 Å². The van der Waals surface area contributed by atoms with Gasteiger partial charge in [0.1, 0.15) is 0 Å². The second-order valence-electron chi connectivity index (χ2n) is 4.67. The molecule has 2 atom stereocenters. The summed E-state index contributed by atoms with van der Waals surface area (Å²) in [6.45, 7) is 6.47. The van der Waals surface area contributed by atoms with Crippen molar-refractivity contribution in [2.75, 3.05) is 0 Å². The fourth-order valence-electron chi connectivity index (χ4n) is 1.70. The molecule has 0 bridgehead atoms. The Hall–Kier alpha value is -0.0800. The van der Waals surface area contributed by atoms with Crippen molar-refractivity contribution < 1.29 is 10.2 Å². The number of aliphatic hydroxyl groups excluding tert-OH is 2. The molecule has 0 aromatic carbocycles. The normalized spacial score (nSPS) is 39.5. The monoisotopic (exact) mass is 158 g/mol. The van der Waals surface area contributed by atoms with Crippen LogP contribution in [0.3, 0.4) is 0 Å². The van der Waals surface area contributed by atoms with Crippen LogP contribution in [0.1, 0.15) is 33.6 Å². The second-order valence-corrected chi connectivity index (χ2v) is 4.67. The molecule has 0 aliphatic heterocycles. The van der Waals surface area contributed by atoms with Crippen molar-refractivity contribution in [1.29, 1.82) is 0 Å². The molecule has 2 N–H and O–H groups in total. The van der Waals surface area contributed by atoms with Gasteiger partial charge in [-0.05, 0) is 24.2 Å². The highest BCUT2D eigenvalue weighted by Crippen LogP contribution is 2.39. The van der Waals surface area contributed by atoms with Gasteiger partial charge in [-0.3, -0.25) is 0 Å². The van der Waals surface area contributed by atoms with Gasteiger partial charge in [-0.25, -0.2) is 0 Å². The van der Waals surface area contributed by atoms with Crippen LogP contribution in [-0.2, 0) is 0 Å². The number of hydrogen-bond donors (Lipinski definition) is 2. The van der Waals surface area contributed by atoms with Gasteiger partial charge in [0.25, 0.3) is 0 Å². The number of rotatable bonds is 0. The quantitative estimate of drug-likeness (QED) is 0.555. The summed E-state index contributed by atoms with van der Waals surface area (Å²) in [6, 6.07) is 0. The first-order valence-corrected chi connectivity index (χ1v) is 4.27. The summed E-state index contributed by atoms with van der Waals surface area (Å²) >= 11 is 0. The molecule has 2 nitrogen and oxygen atoms in total. The molecule has 0 spiro atoms. The van der Waals surface area contributed by atoms with E-state index in [4.69, 9.17) is 0 Å². The van der Waals surface area contributed by atoms with Crippen LogP contribution < -0.4 is 0 Å². The summed E-state index contributed by atoms with van der Waals surface area (Å²) in [7, 11) is 0. The smallest absolute Gasteiger partial charge is 0.0802 e. The van der Waals surface area contributed by atoms with E-state index in [-0.39, 0.29) is 5.41 Å². The van der Waals surface area contributed by atoms with E-state index >= 15 is 0 Å². The first-order valence-electron chi connectivity index (χ1n) is 4.27. The zero-order valence-corrected chi connectivity index (χ0v) is 7.54. The summed E-state index contributed by atoms with van der Waals surface area (Å²) in [5.74, 6) is 0.465. The lowest BCUT2D eigenvalue weighted by atomic mass is 9.80. The van der Waals surface area contributed by atoms with E-state index in [2.05, 4.69) is 20.8 Å². The Labute approximate surface area is 68.2 Å². The van der Waals surface area contributed by atoms with E-state index < -0.39 is 12.2 Å². The van der Waals surface area contributed by atoms with Gasteiger partial charge in [0, 0.05) is 0 Å². The first-order chi connectivity index (χ1) is 4.91. The minimum atomic E-state index is -0.487. The fourth-order valence-corrected chi connectivity index (χ4v) is 1.70. The molecule has 66 valence electrons. The molecule has 0 heterocycles. The van der Waals surface area contributed by atoms with Crippen LogP contribution in [0.25, 0.3) is 0 Å². The van der Waals surface area contributed by atoms with E-state index in [1.54, 1.807) is 0 Å². The summed E-state index contributed by atoms with van der Waals surface area (Å²) < 4.78 is 0. The van der Waals surface area contributed by atoms with Crippen molar-refractivity contribution in [3.05, 3.63) is 0 Å². The maximum atomic E-state index is 9.28. The molecule has 1 fully saturated rings. The van der Waals surface area contributed by atoms with Crippen LogP contribution in [0.2, 0.25) is 0 Å². The SMILES string of the molecule is CC(C)(C)C1CC(O)C(O)C1. The lowest BCUT2D eigenvalue weighted by Gasteiger charge is -2.26. The average Bonchev–Trinajstić information content (AvgIpc) is 2.11. The zero-order valence-electron chi connectivity index (χ0n) is 7.54. The Bertz CT molecular complexity index is 127. The lowest BCUT2D eigenvalue weighted by molar-refractivity contribution is 0.0438. The van der Waals surface area contributed by atoms with E-state index in [0.29, 0.717) is 5.92 Å². The van der Waals surface area contributed by atoms with Crippen LogP contribution in [0.4, 0.5) is 0 Å². The fraction of sp³-hybridized carbons (Fsp3) is 1.00. The molecule has 0 aromatic heterocycles. The second kappa shape index (κ2) is 2.76. The van der Waals surface area contributed by atoms with Crippen molar-refractivity contribution in [3.8, 4) is 0 Å². The average molecular weight is 158 g/mol. The van der Waals surface area contributed by atoms with Crippen molar-refractivity contribution in [2.45, 2.75) is 45.8 Å². The lowest BCUT2D eigenvalue weighted by Crippen LogP contribution is -2.18. The van der Waals surface area contributed by atoms with Crippen molar-refractivity contribution in [3.63, 3.8) is 0 Å². The van der Waals surface area contributed by atoms with Gasteiger partial charge in [-0.1, -0.05) is 20.8 Å². The molecule has 2 heteroatoms. The predicted octanol–water partition coefficient (Wildman–Crippen LogP) is 1.16. The molecule has 2 unspecified atom stereocenters. The molecule has 0 saturated heterocycles. The highest BCUT2D eigenvalue weighted by molar-refractivity contribution is 4.88. The third-order valence-electron chi connectivity index (χ3n) is 2.72. The Kier molecular flexibility index (Phi) is 2.26. The maximum absolute atomic E-state index is 9.28. The molecule has 1 aliphatic carbocycles. The van der Waals surface area contributed by atoms with Gasteiger partial charge in [0.15, 0.2) is 0 Å². The van der Waals surface area contributed by atoms with E-state index in [0.717, 1.165) is 12.8 Å². The molecular weight excluding hydrogens is 140 g/mol. The van der Waals surface area contributed by atoms with E-state index in [1.807, 2.05) is 0 Å². The van der Waals surface area contributed by atoms with Gasteiger partial charge in [0.2, 0.25) is 0 Å². The largest absolute Gasteiger partial charge is 0.390 e. The summed E-state index contributed by atoms with van der Waals surface area (Å²) in [6.07, 6.45) is 0.536. The van der Waals surface area contributed by atoms with Crippen LogP contribution >= 0.6 is 0 Å². The highest BCUT2D eigenvalue weighted by Gasteiger charge is 2.37. The predicted molar refractivity (Wildman–Crippen MR) is 44.2 cm³/mol. The van der Waals surface area contributed by atoms with E-state index in [9.17, 15) is 10.2 Å². The van der Waals surface area contributed by atoms with Crippen molar-refractivity contribution in [2.24, 2.45) is 11.3 Å². The Balaban J connectivity index is 2.54. The van der Waals surface area contributed by atoms with Gasteiger partial charge in [0.05, 0.1) is 12.2 Å². The van der Waals surface area contributed by atoms with Crippen LogP contribution in [-0.4, -0.2) is 22.4 Å². The van der Waals surface area contributed by atoms with Gasteiger partial charge < -0.3 is 10.2 Å². The topological polar surface area (TPSA) is 40.5 Å². The Morgan fingerprint density at radius 2 is 1.36 bits per heavy atom. The molecule has 1 saturated carbocycles. The third-order valence-corrected chi connectivity index (χ3v) is 2.72. The Morgan fingerprint density at radius 3 is 1.55 bits per heavy atom. The summed E-state index contributed by atoms with van der Waals surface area (Å²) in [5, 5.41) is 18.6. The van der Waals surface area contributed by atoms with Crippen molar-refractivity contribution >= 4 is 0 Å². The molecule has 1 aliphatic rings. The van der Waals surface area contributed by atoms with Crippen LogP contribution in [0.5, 0.6) is 0 Å². The minimum Gasteiger partial charge on any atom is -0.390 e. The summed E-state index contributed by atoms with van der Waals surface area (Å²) in [4.78, 5) is 0. The van der Waals surface area contributed by atoms with E-state index in [1.165, 1.54) is 0 Å². The van der Waals surface area contributed by atoms with Crippen LogP contribution in [0, 0.1) is 11.3 Å². The molecular formula is C9H18O2. The van der Waals surface area contributed by atoms with Gasteiger partial charge in [-0.15, -0.1) is 0 Å². The first kappa shape index (κ1) is 9.01. The standard InChI is InChI=1S/C9H18O2/c1-9(2,3)6-4-7(10)8(11)5-6/h6-8,10-11H,4-5H2,1-3H3. The summed E-state index contributed by atoms with van der Waals surface area (Å²) in [5.41, 5.74) is 0.221. The number of aliphatic hydroxyl groups is 2. The van der Waals surface area contributed by atoms with Crippen molar-refractivity contribution in [1.82, 2.24) is 0 Å². The third kappa shape index (κ3) is 1.94. The maximum Gasteiger partial charge on any atom is 0.0802 e. The molecule has 0 amide bonds. The Morgan fingerprint density at radius 1 is 1.00 bits per heavy atom. The molecule has 11 heavy (non-hydrogen) atoms. The van der Waals surface area contributed by atoms with Gasteiger partial charge in [-0.2, -0.15) is 0 Å². The molecule has 0 aromatic rings. The number of hydrogen-bond acceptors (Lipinski definition) is 2. The van der Waals surface area contributed by atoms with Crippen LogP contribution in [0.15, 0.2) is 0 Å². The minimum absolute atomic E-state index is 0.221. The highest BCUT2D eigenvalue weighted by atomic mass is 16.3. The molecule has 0 radical (unpaired) electrons. The molecule has 1 rings (SSSR count). The zero-order chi connectivity index (χ0) is 8.65.